The van der Waals surface area contributed by atoms with Crippen LogP contribution in [-0.4, -0.2) is 38.7 Å². The van der Waals surface area contributed by atoms with Crippen molar-refractivity contribution in [3.05, 3.63) is 35.4 Å². The van der Waals surface area contributed by atoms with E-state index in [1.165, 1.54) is 11.1 Å². The molecule has 0 fully saturated rings. The van der Waals surface area contributed by atoms with Crippen molar-refractivity contribution in [2.75, 3.05) is 25.4 Å². The molecule has 5 heteroatoms. The summed E-state index contributed by atoms with van der Waals surface area (Å²) in [5, 5.41) is 0. The molecule has 0 saturated heterocycles. The first-order chi connectivity index (χ1) is 8.61. The van der Waals surface area contributed by atoms with Gasteiger partial charge in [-0.3, -0.25) is 4.90 Å². The third-order valence-corrected chi connectivity index (χ3v) is 4.74. The first-order valence-corrected chi connectivity index (χ1v) is 8.02. The van der Waals surface area contributed by atoms with E-state index in [-0.39, 0.29) is 5.75 Å². The van der Waals surface area contributed by atoms with E-state index in [0.29, 0.717) is 6.54 Å². The van der Waals surface area contributed by atoms with Crippen LogP contribution in [0.2, 0.25) is 0 Å². The van der Waals surface area contributed by atoms with Gasteiger partial charge in [-0.05, 0) is 24.5 Å². The number of fused-ring (bicyclic) bond motifs is 1. The molecule has 0 atom stereocenters. The van der Waals surface area contributed by atoms with Gasteiger partial charge >= 0.3 is 0 Å². The molecular weight excluding hydrogens is 248 g/mol. The van der Waals surface area contributed by atoms with Crippen LogP contribution >= 0.6 is 0 Å². The number of sulfonamides is 1. The molecule has 4 nitrogen and oxygen atoms in total. The zero-order valence-corrected chi connectivity index (χ0v) is 11.5. The molecule has 2 rings (SSSR count). The first kappa shape index (κ1) is 13.5. The molecule has 1 aliphatic rings. The van der Waals surface area contributed by atoms with Crippen LogP contribution in [-0.2, 0) is 23.0 Å². The number of rotatable bonds is 5. The standard InChI is InChI=1S/C13H20N2O2S/c1-2-18(16,17)14-8-10-15-9-7-12-5-3-4-6-13(12)11-15/h3-6,14H,2,7-11H2,1H3. The smallest absolute Gasteiger partial charge is 0.211 e. The lowest BCUT2D eigenvalue weighted by Crippen LogP contribution is -2.38. The summed E-state index contributed by atoms with van der Waals surface area (Å²) in [6.45, 7) is 4.85. The third-order valence-electron chi connectivity index (χ3n) is 3.34. The fraction of sp³-hybridized carbons (Fsp3) is 0.538. The monoisotopic (exact) mass is 268 g/mol. The van der Waals surface area contributed by atoms with E-state index in [4.69, 9.17) is 0 Å². The molecule has 1 aromatic rings. The number of nitrogens with zero attached hydrogens (tertiary/aromatic N) is 1. The quantitative estimate of drug-likeness (QED) is 0.866. The van der Waals surface area contributed by atoms with Gasteiger partial charge in [-0.15, -0.1) is 0 Å². The molecule has 0 aromatic heterocycles. The topological polar surface area (TPSA) is 49.4 Å². The lowest BCUT2D eigenvalue weighted by molar-refractivity contribution is 0.258. The zero-order valence-electron chi connectivity index (χ0n) is 10.7. The normalized spacial score (nSPS) is 16.5. The lowest BCUT2D eigenvalue weighted by atomic mass is 10.0. The van der Waals surface area contributed by atoms with E-state index in [1.807, 2.05) is 0 Å². The zero-order chi connectivity index (χ0) is 13.0. The number of nitrogens with one attached hydrogen (secondary N) is 1. The van der Waals surface area contributed by atoms with Crippen molar-refractivity contribution >= 4 is 10.0 Å². The van der Waals surface area contributed by atoms with Crippen molar-refractivity contribution < 1.29 is 8.42 Å². The van der Waals surface area contributed by atoms with Crippen molar-refractivity contribution in [2.24, 2.45) is 0 Å². The molecule has 0 unspecified atom stereocenters. The fourth-order valence-corrected chi connectivity index (χ4v) is 2.81. The van der Waals surface area contributed by atoms with E-state index in [2.05, 4.69) is 33.9 Å². The number of hydrogen-bond donors (Lipinski definition) is 1. The second kappa shape index (κ2) is 5.82. The van der Waals surface area contributed by atoms with Crippen molar-refractivity contribution in [3.8, 4) is 0 Å². The first-order valence-electron chi connectivity index (χ1n) is 6.37. The van der Waals surface area contributed by atoms with Gasteiger partial charge in [-0.2, -0.15) is 0 Å². The van der Waals surface area contributed by atoms with E-state index in [1.54, 1.807) is 6.92 Å². The maximum Gasteiger partial charge on any atom is 0.211 e. The molecule has 0 spiro atoms. The maximum absolute atomic E-state index is 11.3. The van der Waals surface area contributed by atoms with Crippen molar-refractivity contribution in [1.29, 1.82) is 0 Å². The van der Waals surface area contributed by atoms with Gasteiger partial charge in [-0.1, -0.05) is 24.3 Å². The Morgan fingerprint density at radius 2 is 2.00 bits per heavy atom. The summed E-state index contributed by atoms with van der Waals surface area (Å²) in [6, 6.07) is 8.45. The van der Waals surface area contributed by atoms with Gasteiger partial charge in [-0.25, -0.2) is 13.1 Å². The summed E-state index contributed by atoms with van der Waals surface area (Å²) in [4.78, 5) is 2.29. The molecule has 0 aliphatic carbocycles. The molecule has 18 heavy (non-hydrogen) atoms. The Morgan fingerprint density at radius 1 is 1.28 bits per heavy atom. The van der Waals surface area contributed by atoms with Crippen molar-refractivity contribution in [3.63, 3.8) is 0 Å². The highest BCUT2D eigenvalue weighted by molar-refractivity contribution is 7.89. The lowest BCUT2D eigenvalue weighted by Gasteiger charge is -2.28. The minimum atomic E-state index is -3.06. The SMILES string of the molecule is CCS(=O)(=O)NCCN1CCc2ccccc2C1. The Balaban J connectivity index is 1.84. The average Bonchev–Trinajstić information content (AvgIpc) is 2.38. The van der Waals surface area contributed by atoms with Crippen molar-refractivity contribution in [2.45, 2.75) is 19.9 Å². The summed E-state index contributed by atoms with van der Waals surface area (Å²) >= 11 is 0. The summed E-state index contributed by atoms with van der Waals surface area (Å²) in [5.74, 6) is 0.149. The van der Waals surface area contributed by atoms with Crippen LogP contribution in [0.4, 0.5) is 0 Å². The fourth-order valence-electron chi connectivity index (χ4n) is 2.21. The second-order valence-electron chi connectivity index (χ2n) is 4.59. The molecule has 1 aliphatic heterocycles. The minimum absolute atomic E-state index is 0.149. The molecule has 0 saturated carbocycles. The molecule has 0 bridgehead atoms. The van der Waals surface area contributed by atoms with Crippen LogP contribution in [0.3, 0.4) is 0 Å². The predicted molar refractivity (Wildman–Crippen MR) is 72.9 cm³/mol. The Hall–Kier alpha value is -0.910. The van der Waals surface area contributed by atoms with Crippen LogP contribution in [0, 0.1) is 0 Å². The molecule has 100 valence electrons. The predicted octanol–water partition coefficient (Wildman–Crippen LogP) is 0.984. The highest BCUT2D eigenvalue weighted by atomic mass is 32.2. The Kier molecular flexibility index (Phi) is 4.37. The Bertz CT molecular complexity index is 499. The van der Waals surface area contributed by atoms with E-state index < -0.39 is 10.0 Å². The molecule has 1 heterocycles. The van der Waals surface area contributed by atoms with Gasteiger partial charge in [0.15, 0.2) is 0 Å². The molecule has 0 radical (unpaired) electrons. The van der Waals surface area contributed by atoms with Gasteiger partial charge in [0.1, 0.15) is 0 Å². The van der Waals surface area contributed by atoms with Crippen LogP contribution < -0.4 is 4.72 Å². The Morgan fingerprint density at radius 3 is 2.72 bits per heavy atom. The minimum Gasteiger partial charge on any atom is -0.297 e. The van der Waals surface area contributed by atoms with Crippen LogP contribution in [0.1, 0.15) is 18.1 Å². The number of benzene rings is 1. The van der Waals surface area contributed by atoms with Gasteiger partial charge < -0.3 is 0 Å². The van der Waals surface area contributed by atoms with Crippen LogP contribution in [0.25, 0.3) is 0 Å². The molecule has 0 amide bonds. The van der Waals surface area contributed by atoms with Gasteiger partial charge in [0, 0.05) is 26.2 Å². The third kappa shape index (κ3) is 3.54. The van der Waals surface area contributed by atoms with E-state index in [0.717, 1.165) is 26.1 Å². The van der Waals surface area contributed by atoms with Crippen LogP contribution in [0.5, 0.6) is 0 Å². The largest absolute Gasteiger partial charge is 0.297 e. The highest BCUT2D eigenvalue weighted by Gasteiger charge is 2.15. The molecule has 1 N–H and O–H groups in total. The summed E-state index contributed by atoms with van der Waals surface area (Å²) in [5.41, 5.74) is 2.78. The maximum atomic E-state index is 11.3. The summed E-state index contributed by atoms with van der Waals surface area (Å²) < 4.78 is 25.2. The van der Waals surface area contributed by atoms with E-state index >= 15 is 0 Å². The number of hydrogen-bond acceptors (Lipinski definition) is 3. The second-order valence-corrected chi connectivity index (χ2v) is 6.69. The summed E-state index contributed by atoms with van der Waals surface area (Å²) in [6.07, 6.45) is 1.05. The van der Waals surface area contributed by atoms with Crippen molar-refractivity contribution in [1.82, 2.24) is 9.62 Å². The average molecular weight is 268 g/mol. The Labute approximate surface area is 109 Å². The van der Waals surface area contributed by atoms with Gasteiger partial charge in [0.05, 0.1) is 5.75 Å². The van der Waals surface area contributed by atoms with E-state index in [9.17, 15) is 8.42 Å². The molecular formula is C13H20N2O2S. The highest BCUT2D eigenvalue weighted by Crippen LogP contribution is 2.17. The van der Waals surface area contributed by atoms with Gasteiger partial charge in [0.25, 0.3) is 0 Å². The van der Waals surface area contributed by atoms with Crippen LogP contribution in [0.15, 0.2) is 24.3 Å². The summed E-state index contributed by atoms with van der Waals surface area (Å²) in [7, 11) is -3.06. The van der Waals surface area contributed by atoms with Gasteiger partial charge in [0.2, 0.25) is 10.0 Å². The molecule has 1 aromatic carbocycles.